The van der Waals surface area contributed by atoms with Crippen LogP contribution in [0.4, 0.5) is 5.69 Å². The van der Waals surface area contributed by atoms with Gasteiger partial charge in [-0.1, -0.05) is 18.2 Å². The van der Waals surface area contributed by atoms with Crippen LogP contribution in [0, 0.1) is 0 Å². The van der Waals surface area contributed by atoms with E-state index < -0.39 is 10.0 Å². The van der Waals surface area contributed by atoms with Crippen molar-refractivity contribution in [2.75, 3.05) is 25.0 Å². The number of amides is 1. The average Bonchev–Trinajstić information content (AvgIpc) is 2.68. The number of anilines is 1. The minimum absolute atomic E-state index is 0.0659. The van der Waals surface area contributed by atoms with Crippen molar-refractivity contribution in [3.63, 3.8) is 0 Å². The molecule has 0 spiro atoms. The molecule has 7 heteroatoms. The molecule has 0 aliphatic rings. The lowest BCUT2D eigenvalue weighted by Crippen LogP contribution is -2.24. The Bertz CT molecular complexity index is 845. The van der Waals surface area contributed by atoms with E-state index in [1.807, 2.05) is 24.3 Å². The maximum Gasteiger partial charge on any atom is 0.251 e. The second-order valence-corrected chi connectivity index (χ2v) is 7.64. The SMILES string of the molecule is CCN(CC)c1ccc(CNC(=O)c2cccc(S(=O)(=O)NC)c2)cc1. The first-order valence-electron chi connectivity index (χ1n) is 8.57. The maximum absolute atomic E-state index is 12.3. The van der Waals surface area contributed by atoms with Gasteiger partial charge in [-0.2, -0.15) is 0 Å². The zero-order chi connectivity index (χ0) is 19.2. The van der Waals surface area contributed by atoms with E-state index in [1.165, 1.54) is 19.2 Å². The van der Waals surface area contributed by atoms with E-state index >= 15 is 0 Å². The zero-order valence-electron chi connectivity index (χ0n) is 15.3. The Hall–Kier alpha value is -2.38. The molecule has 2 aromatic carbocycles. The third kappa shape index (κ3) is 4.83. The lowest BCUT2D eigenvalue weighted by molar-refractivity contribution is 0.0950. The number of sulfonamides is 1. The van der Waals surface area contributed by atoms with Gasteiger partial charge in [0.2, 0.25) is 10.0 Å². The molecule has 2 rings (SSSR count). The fourth-order valence-electron chi connectivity index (χ4n) is 2.62. The summed E-state index contributed by atoms with van der Waals surface area (Å²) in [6.45, 7) is 6.48. The second-order valence-electron chi connectivity index (χ2n) is 5.76. The number of carbonyl (C=O) groups is 1. The highest BCUT2D eigenvalue weighted by atomic mass is 32.2. The number of hydrogen-bond donors (Lipinski definition) is 2. The highest BCUT2D eigenvalue weighted by Gasteiger charge is 2.14. The van der Waals surface area contributed by atoms with Crippen LogP contribution in [-0.2, 0) is 16.6 Å². The summed E-state index contributed by atoms with van der Waals surface area (Å²) in [6, 6.07) is 14.0. The van der Waals surface area contributed by atoms with Gasteiger partial charge in [0.05, 0.1) is 4.90 Å². The summed E-state index contributed by atoms with van der Waals surface area (Å²) in [7, 11) is -2.24. The van der Waals surface area contributed by atoms with Crippen LogP contribution in [0.3, 0.4) is 0 Å². The quantitative estimate of drug-likeness (QED) is 0.742. The van der Waals surface area contributed by atoms with Crippen molar-refractivity contribution in [1.82, 2.24) is 10.0 Å². The number of benzene rings is 2. The van der Waals surface area contributed by atoms with Crippen molar-refractivity contribution in [2.24, 2.45) is 0 Å². The molecule has 0 atom stereocenters. The predicted octanol–water partition coefficient (Wildman–Crippen LogP) is 2.37. The van der Waals surface area contributed by atoms with Crippen LogP contribution in [0.2, 0.25) is 0 Å². The summed E-state index contributed by atoms with van der Waals surface area (Å²) < 4.78 is 25.9. The molecule has 2 N–H and O–H groups in total. The van der Waals surface area contributed by atoms with Crippen molar-refractivity contribution in [1.29, 1.82) is 0 Å². The van der Waals surface area contributed by atoms with Gasteiger partial charge >= 0.3 is 0 Å². The van der Waals surface area contributed by atoms with Crippen LogP contribution in [-0.4, -0.2) is 34.5 Å². The molecule has 0 aromatic heterocycles. The number of hydrogen-bond acceptors (Lipinski definition) is 4. The summed E-state index contributed by atoms with van der Waals surface area (Å²) in [5.74, 6) is -0.314. The van der Waals surface area contributed by atoms with Gasteiger partial charge in [-0.15, -0.1) is 0 Å². The molecule has 0 aliphatic heterocycles. The van der Waals surface area contributed by atoms with E-state index in [9.17, 15) is 13.2 Å². The standard InChI is InChI=1S/C19H25N3O3S/c1-4-22(5-2)17-11-9-15(10-12-17)14-21-19(23)16-7-6-8-18(13-16)26(24,25)20-3/h6-13,20H,4-5,14H2,1-3H3,(H,21,23). The number of nitrogens with one attached hydrogen (secondary N) is 2. The fraction of sp³-hybridized carbons (Fsp3) is 0.316. The number of rotatable bonds is 8. The van der Waals surface area contributed by atoms with Gasteiger partial charge in [0.1, 0.15) is 0 Å². The summed E-state index contributed by atoms with van der Waals surface area (Å²) in [6.07, 6.45) is 0. The van der Waals surface area contributed by atoms with E-state index in [0.29, 0.717) is 12.1 Å². The second kappa shape index (κ2) is 8.82. The summed E-state index contributed by atoms with van der Waals surface area (Å²) in [4.78, 5) is 14.6. The number of nitrogens with zero attached hydrogens (tertiary/aromatic N) is 1. The van der Waals surface area contributed by atoms with Gasteiger partial charge in [-0.25, -0.2) is 13.1 Å². The van der Waals surface area contributed by atoms with E-state index in [2.05, 4.69) is 28.8 Å². The molecular weight excluding hydrogens is 350 g/mol. The Kier molecular flexibility index (Phi) is 6.76. The van der Waals surface area contributed by atoms with Gasteiger partial charge in [0.25, 0.3) is 5.91 Å². The Morgan fingerprint density at radius 2 is 1.69 bits per heavy atom. The Morgan fingerprint density at radius 3 is 2.27 bits per heavy atom. The molecule has 0 radical (unpaired) electrons. The first-order valence-corrected chi connectivity index (χ1v) is 10.0. The molecular formula is C19H25N3O3S. The normalized spacial score (nSPS) is 11.2. The van der Waals surface area contributed by atoms with E-state index in [0.717, 1.165) is 24.3 Å². The third-order valence-electron chi connectivity index (χ3n) is 4.19. The monoisotopic (exact) mass is 375 g/mol. The fourth-order valence-corrected chi connectivity index (χ4v) is 3.40. The van der Waals surface area contributed by atoms with E-state index in [1.54, 1.807) is 12.1 Å². The van der Waals surface area contributed by atoms with Gasteiger partial charge in [0, 0.05) is 30.9 Å². The van der Waals surface area contributed by atoms with E-state index in [4.69, 9.17) is 0 Å². The van der Waals surface area contributed by atoms with Crippen LogP contribution < -0.4 is 14.9 Å². The topological polar surface area (TPSA) is 78.5 Å². The predicted molar refractivity (Wildman–Crippen MR) is 104 cm³/mol. The van der Waals surface area contributed by atoms with Crippen LogP contribution in [0.1, 0.15) is 29.8 Å². The molecule has 0 heterocycles. The minimum atomic E-state index is -3.57. The molecule has 0 bridgehead atoms. The van der Waals surface area contributed by atoms with Gasteiger partial charge < -0.3 is 10.2 Å². The minimum Gasteiger partial charge on any atom is -0.372 e. The third-order valence-corrected chi connectivity index (χ3v) is 5.61. The smallest absolute Gasteiger partial charge is 0.251 e. The van der Waals surface area contributed by atoms with Gasteiger partial charge in [0.15, 0.2) is 0 Å². The average molecular weight is 375 g/mol. The van der Waals surface area contributed by atoms with E-state index in [-0.39, 0.29) is 10.8 Å². The molecule has 1 amide bonds. The van der Waals surface area contributed by atoms with Crippen molar-refractivity contribution in [2.45, 2.75) is 25.3 Å². The molecule has 0 saturated heterocycles. The summed E-state index contributed by atoms with van der Waals surface area (Å²) >= 11 is 0. The molecule has 6 nitrogen and oxygen atoms in total. The first kappa shape index (κ1) is 19.9. The van der Waals surface area contributed by atoms with Gasteiger partial charge in [-0.3, -0.25) is 4.79 Å². The highest BCUT2D eigenvalue weighted by Crippen LogP contribution is 2.15. The van der Waals surface area contributed by atoms with Gasteiger partial charge in [-0.05, 0) is 56.8 Å². The van der Waals surface area contributed by atoms with Crippen molar-refractivity contribution >= 4 is 21.6 Å². The van der Waals surface area contributed by atoms with Crippen LogP contribution >= 0.6 is 0 Å². The molecule has 0 saturated carbocycles. The van der Waals surface area contributed by atoms with Crippen molar-refractivity contribution in [3.8, 4) is 0 Å². The van der Waals surface area contributed by atoms with Crippen molar-refractivity contribution < 1.29 is 13.2 Å². The Morgan fingerprint density at radius 1 is 1.04 bits per heavy atom. The molecule has 2 aromatic rings. The summed E-state index contributed by atoms with van der Waals surface area (Å²) in [5, 5.41) is 2.82. The Labute approximate surface area is 155 Å². The molecule has 26 heavy (non-hydrogen) atoms. The van der Waals surface area contributed by atoms with Crippen LogP contribution in [0.15, 0.2) is 53.4 Å². The molecule has 140 valence electrons. The Balaban J connectivity index is 2.04. The largest absolute Gasteiger partial charge is 0.372 e. The van der Waals surface area contributed by atoms with Crippen LogP contribution in [0.5, 0.6) is 0 Å². The molecule has 0 aliphatic carbocycles. The first-order chi connectivity index (χ1) is 12.4. The number of carbonyl (C=O) groups excluding carboxylic acids is 1. The summed E-state index contributed by atoms with van der Waals surface area (Å²) in [5.41, 5.74) is 2.43. The highest BCUT2D eigenvalue weighted by molar-refractivity contribution is 7.89. The van der Waals surface area contributed by atoms with Crippen molar-refractivity contribution in [3.05, 3.63) is 59.7 Å². The molecule has 0 fully saturated rings. The maximum atomic E-state index is 12.3. The zero-order valence-corrected chi connectivity index (χ0v) is 16.1. The lowest BCUT2D eigenvalue weighted by atomic mass is 10.1. The van der Waals surface area contributed by atoms with Crippen LogP contribution in [0.25, 0.3) is 0 Å². The lowest BCUT2D eigenvalue weighted by Gasteiger charge is -2.21. The molecule has 0 unspecified atom stereocenters.